The fourth-order valence-electron chi connectivity index (χ4n) is 2.20. The highest BCUT2D eigenvalue weighted by atomic mass is 32.1. The van der Waals surface area contributed by atoms with Crippen molar-refractivity contribution in [3.63, 3.8) is 0 Å². The first-order valence-electron chi connectivity index (χ1n) is 6.29. The summed E-state index contributed by atoms with van der Waals surface area (Å²) in [6.45, 7) is 9.52. The second kappa shape index (κ2) is 4.71. The van der Waals surface area contributed by atoms with Crippen molar-refractivity contribution in [3.05, 3.63) is 21.9 Å². The van der Waals surface area contributed by atoms with Crippen LogP contribution in [0.1, 0.15) is 50.0 Å². The third-order valence-corrected chi connectivity index (χ3v) is 4.99. The zero-order valence-electron chi connectivity index (χ0n) is 11.1. The first kappa shape index (κ1) is 13.1. The Balaban J connectivity index is 2.14. The molecule has 1 aliphatic heterocycles. The summed E-state index contributed by atoms with van der Waals surface area (Å²) in [6.07, 6.45) is 0.564. The van der Waals surface area contributed by atoms with Gasteiger partial charge in [0.1, 0.15) is 6.10 Å². The van der Waals surface area contributed by atoms with Gasteiger partial charge in [-0.2, -0.15) is 0 Å². The van der Waals surface area contributed by atoms with Gasteiger partial charge in [0.25, 0.3) is 0 Å². The molecule has 0 bridgehead atoms. The summed E-state index contributed by atoms with van der Waals surface area (Å²) in [5, 5.41) is 10.4. The van der Waals surface area contributed by atoms with Crippen LogP contribution in [0.25, 0.3) is 0 Å². The summed E-state index contributed by atoms with van der Waals surface area (Å²) >= 11 is 1.71. The van der Waals surface area contributed by atoms with Crippen molar-refractivity contribution in [3.8, 4) is 0 Å². The molecule has 3 unspecified atom stereocenters. The van der Waals surface area contributed by atoms with Gasteiger partial charge in [-0.05, 0) is 29.9 Å². The first-order chi connectivity index (χ1) is 7.89. The fourth-order valence-corrected chi connectivity index (χ4v) is 3.28. The monoisotopic (exact) mass is 254 g/mol. The molecule has 1 fully saturated rings. The summed E-state index contributed by atoms with van der Waals surface area (Å²) in [5.74, 6) is 0.449. The maximum absolute atomic E-state index is 10.4. The third kappa shape index (κ3) is 2.72. The first-order valence-corrected chi connectivity index (χ1v) is 7.11. The lowest BCUT2D eigenvalue weighted by atomic mass is 9.94. The topological polar surface area (TPSA) is 29.5 Å². The van der Waals surface area contributed by atoms with Crippen molar-refractivity contribution in [2.45, 2.75) is 51.7 Å². The Morgan fingerprint density at radius 3 is 2.59 bits per heavy atom. The number of aliphatic hydroxyl groups excluding tert-OH is 1. The number of hydrogen-bond donors (Lipinski definition) is 1. The molecule has 0 aliphatic carbocycles. The fraction of sp³-hybridized carbons (Fsp3) is 0.714. The summed E-state index contributed by atoms with van der Waals surface area (Å²) in [5.41, 5.74) is 0.158. The Morgan fingerprint density at radius 1 is 1.41 bits per heavy atom. The molecule has 17 heavy (non-hydrogen) atoms. The van der Waals surface area contributed by atoms with E-state index in [1.54, 1.807) is 11.3 Å². The minimum Gasteiger partial charge on any atom is -0.385 e. The average molecular weight is 254 g/mol. The number of aliphatic hydroxyl groups is 1. The summed E-state index contributed by atoms with van der Waals surface area (Å²) in [6, 6.07) is 4.17. The molecule has 1 saturated heterocycles. The van der Waals surface area contributed by atoms with Gasteiger partial charge < -0.3 is 9.84 Å². The lowest BCUT2D eigenvalue weighted by Gasteiger charge is -2.20. The smallest absolute Gasteiger partial charge is 0.114 e. The van der Waals surface area contributed by atoms with Gasteiger partial charge >= 0.3 is 0 Å². The Labute approximate surface area is 108 Å². The molecule has 1 aliphatic rings. The van der Waals surface area contributed by atoms with E-state index in [-0.39, 0.29) is 11.5 Å². The van der Waals surface area contributed by atoms with Gasteiger partial charge in [0.2, 0.25) is 0 Å². The van der Waals surface area contributed by atoms with E-state index in [9.17, 15) is 5.11 Å². The van der Waals surface area contributed by atoms with Crippen LogP contribution in [0.2, 0.25) is 0 Å². The maximum Gasteiger partial charge on any atom is 0.114 e. The molecule has 2 heterocycles. The number of hydrogen-bond acceptors (Lipinski definition) is 3. The third-order valence-electron chi connectivity index (χ3n) is 3.41. The van der Waals surface area contributed by atoms with Crippen LogP contribution in [0.4, 0.5) is 0 Å². The second-order valence-electron chi connectivity index (χ2n) is 6.00. The SMILES string of the molecule is CC1CCOC1C(O)c1ccc(C(C)(C)C)s1. The van der Waals surface area contributed by atoms with Crippen LogP contribution in [0.5, 0.6) is 0 Å². The lowest BCUT2D eigenvalue weighted by molar-refractivity contribution is -0.0160. The van der Waals surface area contributed by atoms with Gasteiger partial charge in [-0.25, -0.2) is 0 Å². The van der Waals surface area contributed by atoms with Crippen LogP contribution in [-0.4, -0.2) is 17.8 Å². The van der Waals surface area contributed by atoms with Gasteiger partial charge in [0, 0.05) is 16.4 Å². The predicted molar refractivity (Wildman–Crippen MR) is 71.5 cm³/mol. The quantitative estimate of drug-likeness (QED) is 0.875. The van der Waals surface area contributed by atoms with Gasteiger partial charge in [0.15, 0.2) is 0 Å². The molecule has 1 N–H and O–H groups in total. The molecule has 1 aromatic heterocycles. The number of rotatable bonds is 2. The van der Waals surface area contributed by atoms with Crippen molar-refractivity contribution in [2.24, 2.45) is 5.92 Å². The van der Waals surface area contributed by atoms with Crippen molar-refractivity contribution in [1.82, 2.24) is 0 Å². The predicted octanol–water partition coefficient (Wildman–Crippen LogP) is 3.50. The molecule has 0 amide bonds. The molecular weight excluding hydrogens is 232 g/mol. The number of ether oxygens (including phenoxy) is 1. The minimum atomic E-state index is -0.464. The second-order valence-corrected chi connectivity index (χ2v) is 7.11. The highest BCUT2D eigenvalue weighted by Crippen LogP contribution is 2.37. The van der Waals surface area contributed by atoms with E-state index in [2.05, 4.69) is 33.8 Å². The minimum absolute atomic E-state index is 0.0264. The molecule has 2 rings (SSSR count). The molecule has 3 atom stereocenters. The average Bonchev–Trinajstić information content (AvgIpc) is 2.83. The van der Waals surface area contributed by atoms with Crippen LogP contribution >= 0.6 is 11.3 Å². The Hall–Kier alpha value is -0.380. The van der Waals surface area contributed by atoms with Crippen LogP contribution in [0, 0.1) is 5.92 Å². The van der Waals surface area contributed by atoms with Crippen LogP contribution < -0.4 is 0 Å². The Kier molecular flexibility index (Phi) is 3.62. The highest BCUT2D eigenvalue weighted by molar-refractivity contribution is 7.12. The van der Waals surface area contributed by atoms with E-state index < -0.39 is 6.10 Å². The summed E-state index contributed by atoms with van der Waals surface area (Å²) in [7, 11) is 0. The maximum atomic E-state index is 10.4. The molecule has 96 valence electrons. The molecule has 3 heteroatoms. The van der Waals surface area contributed by atoms with Gasteiger partial charge in [-0.3, -0.25) is 0 Å². The number of thiophene rings is 1. The molecule has 0 spiro atoms. The van der Waals surface area contributed by atoms with E-state index in [1.165, 1.54) is 4.88 Å². The lowest BCUT2D eigenvalue weighted by Crippen LogP contribution is -2.22. The summed E-state index contributed by atoms with van der Waals surface area (Å²) in [4.78, 5) is 2.35. The molecule has 0 radical (unpaired) electrons. The molecule has 1 aromatic rings. The van der Waals surface area contributed by atoms with E-state index in [1.807, 2.05) is 6.07 Å². The van der Waals surface area contributed by atoms with E-state index in [0.717, 1.165) is 17.9 Å². The van der Waals surface area contributed by atoms with Crippen LogP contribution in [0.3, 0.4) is 0 Å². The van der Waals surface area contributed by atoms with E-state index in [0.29, 0.717) is 5.92 Å². The van der Waals surface area contributed by atoms with E-state index in [4.69, 9.17) is 4.74 Å². The van der Waals surface area contributed by atoms with Crippen LogP contribution in [-0.2, 0) is 10.2 Å². The normalized spacial score (nSPS) is 27.4. The molecule has 2 nitrogen and oxygen atoms in total. The van der Waals surface area contributed by atoms with Crippen LogP contribution in [0.15, 0.2) is 12.1 Å². The van der Waals surface area contributed by atoms with Crippen molar-refractivity contribution < 1.29 is 9.84 Å². The summed E-state index contributed by atoms with van der Waals surface area (Å²) < 4.78 is 5.63. The largest absolute Gasteiger partial charge is 0.385 e. The molecular formula is C14H22O2S. The zero-order valence-corrected chi connectivity index (χ0v) is 11.9. The Morgan fingerprint density at radius 2 is 2.12 bits per heavy atom. The standard InChI is InChI=1S/C14H22O2S/c1-9-7-8-16-13(9)12(15)10-5-6-11(17-10)14(2,3)4/h5-6,9,12-13,15H,7-8H2,1-4H3. The van der Waals surface area contributed by atoms with Crippen molar-refractivity contribution in [2.75, 3.05) is 6.61 Å². The Bertz CT molecular complexity index is 378. The molecule has 0 aromatic carbocycles. The van der Waals surface area contributed by atoms with Crippen molar-refractivity contribution >= 4 is 11.3 Å². The van der Waals surface area contributed by atoms with Gasteiger partial charge in [-0.15, -0.1) is 11.3 Å². The highest BCUT2D eigenvalue weighted by Gasteiger charge is 2.33. The van der Waals surface area contributed by atoms with E-state index >= 15 is 0 Å². The van der Waals surface area contributed by atoms with Gasteiger partial charge in [-0.1, -0.05) is 27.7 Å². The van der Waals surface area contributed by atoms with Gasteiger partial charge in [0.05, 0.1) is 6.10 Å². The molecule has 0 saturated carbocycles. The zero-order chi connectivity index (χ0) is 12.6. The van der Waals surface area contributed by atoms with Crippen molar-refractivity contribution in [1.29, 1.82) is 0 Å².